The van der Waals surface area contributed by atoms with Crippen LogP contribution in [0.2, 0.25) is 0 Å². The van der Waals surface area contributed by atoms with Crippen molar-refractivity contribution in [2.24, 2.45) is 0 Å². The van der Waals surface area contributed by atoms with E-state index in [-0.39, 0.29) is 6.61 Å². The maximum absolute atomic E-state index is 9.30. The lowest BCUT2D eigenvalue weighted by atomic mass is 10.1. The van der Waals surface area contributed by atoms with Crippen LogP contribution < -0.4 is 10.2 Å². The first kappa shape index (κ1) is 14.3. The summed E-state index contributed by atoms with van der Waals surface area (Å²) >= 11 is 0. The van der Waals surface area contributed by atoms with Gasteiger partial charge in [-0.1, -0.05) is 12.8 Å². The number of aliphatic hydroxyl groups is 1. The Hall–Kier alpha value is -1.13. The van der Waals surface area contributed by atoms with E-state index in [0.717, 1.165) is 5.82 Å². The van der Waals surface area contributed by atoms with Crippen LogP contribution >= 0.6 is 0 Å². The zero-order valence-corrected chi connectivity index (χ0v) is 12.0. The Bertz CT molecular complexity index is 391. The molecule has 0 aliphatic heterocycles. The molecule has 2 N–H and O–H groups in total. The zero-order chi connectivity index (χ0) is 13.7. The van der Waals surface area contributed by atoms with Gasteiger partial charge in [0, 0.05) is 24.8 Å². The Morgan fingerprint density at radius 2 is 2.21 bits per heavy atom. The van der Waals surface area contributed by atoms with E-state index in [1.807, 2.05) is 13.2 Å². The molecule has 4 nitrogen and oxygen atoms in total. The number of hydrogen-bond donors (Lipinski definition) is 2. The molecule has 1 saturated carbocycles. The quantitative estimate of drug-likeness (QED) is 0.825. The van der Waals surface area contributed by atoms with Gasteiger partial charge in [0.15, 0.2) is 0 Å². The molecule has 1 aliphatic rings. The molecule has 0 bridgehead atoms. The molecule has 0 spiro atoms. The van der Waals surface area contributed by atoms with E-state index in [1.54, 1.807) is 0 Å². The maximum atomic E-state index is 9.30. The number of pyridine rings is 1. The van der Waals surface area contributed by atoms with Gasteiger partial charge in [-0.3, -0.25) is 0 Å². The highest BCUT2D eigenvalue weighted by Crippen LogP contribution is 2.28. The summed E-state index contributed by atoms with van der Waals surface area (Å²) in [6.45, 7) is 3.00. The van der Waals surface area contributed by atoms with Crippen LogP contribution in [0.25, 0.3) is 0 Å². The Kier molecular flexibility index (Phi) is 5.16. The molecule has 0 radical (unpaired) electrons. The SMILES string of the molecule is CNC(C)c1ccnc(N(CCO)C2CCCC2)c1. The Balaban J connectivity index is 2.20. The molecule has 0 aromatic carbocycles. The summed E-state index contributed by atoms with van der Waals surface area (Å²) in [4.78, 5) is 6.78. The van der Waals surface area contributed by atoms with Crippen molar-refractivity contribution in [2.75, 3.05) is 25.1 Å². The summed E-state index contributed by atoms with van der Waals surface area (Å²) < 4.78 is 0. The minimum absolute atomic E-state index is 0.185. The molecule has 19 heavy (non-hydrogen) atoms. The molecule has 1 atom stereocenters. The summed E-state index contributed by atoms with van der Waals surface area (Å²) in [6.07, 6.45) is 6.89. The number of anilines is 1. The number of nitrogens with zero attached hydrogens (tertiary/aromatic N) is 2. The standard InChI is InChI=1S/C15H25N3O/c1-12(16-2)13-7-8-17-15(11-13)18(9-10-19)14-5-3-4-6-14/h7-8,11-12,14,16,19H,3-6,9-10H2,1-2H3. The second-order valence-corrected chi connectivity index (χ2v) is 5.31. The molecule has 106 valence electrons. The molecule has 1 aromatic rings. The third-order valence-corrected chi connectivity index (χ3v) is 4.10. The molecule has 1 unspecified atom stereocenters. The first-order chi connectivity index (χ1) is 9.26. The van der Waals surface area contributed by atoms with E-state index in [1.165, 1.54) is 31.2 Å². The minimum atomic E-state index is 0.185. The van der Waals surface area contributed by atoms with Crippen LogP contribution in [0.1, 0.15) is 44.2 Å². The lowest BCUT2D eigenvalue weighted by molar-refractivity contribution is 0.297. The van der Waals surface area contributed by atoms with Crippen molar-refractivity contribution < 1.29 is 5.11 Å². The molecule has 1 aliphatic carbocycles. The van der Waals surface area contributed by atoms with Crippen molar-refractivity contribution in [3.8, 4) is 0 Å². The first-order valence-corrected chi connectivity index (χ1v) is 7.27. The fourth-order valence-electron chi connectivity index (χ4n) is 2.84. The van der Waals surface area contributed by atoms with Crippen molar-refractivity contribution in [1.82, 2.24) is 10.3 Å². The molecule has 0 amide bonds. The van der Waals surface area contributed by atoms with Gasteiger partial charge < -0.3 is 15.3 Å². The van der Waals surface area contributed by atoms with Crippen LogP contribution in [0.15, 0.2) is 18.3 Å². The molecule has 1 aromatic heterocycles. The van der Waals surface area contributed by atoms with Crippen molar-refractivity contribution in [3.63, 3.8) is 0 Å². The Labute approximate surface area is 115 Å². The number of hydrogen-bond acceptors (Lipinski definition) is 4. The fraction of sp³-hybridized carbons (Fsp3) is 0.667. The number of aliphatic hydroxyl groups excluding tert-OH is 1. The Morgan fingerprint density at radius 3 is 2.84 bits per heavy atom. The summed E-state index contributed by atoms with van der Waals surface area (Å²) in [5.41, 5.74) is 1.24. The average molecular weight is 263 g/mol. The van der Waals surface area contributed by atoms with Crippen molar-refractivity contribution in [2.45, 2.75) is 44.7 Å². The average Bonchev–Trinajstić information content (AvgIpc) is 2.98. The van der Waals surface area contributed by atoms with Gasteiger partial charge in [0.25, 0.3) is 0 Å². The number of nitrogens with one attached hydrogen (secondary N) is 1. The van der Waals surface area contributed by atoms with Crippen molar-refractivity contribution >= 4 is 5.82 Å². The van der Waals surface area contributed by atoms with Gasteiger partial charge in [0.1, 0.15) is 5.82 Å². The summed E-state index contributed by atoms with van der Waals surface area (Å²) in [5, 5.41) is 12.6. The van der Waals surface area contributed by atoms with Crippen LogP contribution in [-0.4, -0.2) is 36.3 Å². The molecule has 2 rings (SSSR count). The summed E-state index contributed by atoms with van der Waals surface area (Å²) in [5.74, 6) is 1.00. The first-order valence-electron chi connectivity index (χ1n) is 7.27. The van der Waals surface area contributed by atoms with E-state index in [0.29, 0.717) is 18.6 Å². The molecular weight excluding hydrogens is 238 g/mol. The highest BCUT2D eigenvalue weighted by molar-refractivity contribution is 5.43. The minimum Gasteiger partial charge on any atom is -0.395 e. The predicted octanol–water partition coefficient (Wildman–Crippen LogP) is 2.10. The molecule has 0 saturated heterocycles. The van der Waals surface area contributed by atoms with Gasteiger partial charge in [-0.2, -0.15) is 0 Å². The van der Waals surface area contributed by atoms with Gasteiger partial charge >= 0.3 is 0 Å². The third-order valence-electron chi connectivity index (χ3n) is 4.10. The highest BCUT2D eigenvalue weighted by atomic mass is 16.3. The largest absolute Gasteiger partial charge is 0.395 e. The number of rotatable bonds is 6. The van der Waals surface area contributed by atoms with Crippen LogP contribution in [-0.2, 0) is 0 Å². The normalized spacial score (nSPS) is 17.6. The van der Waals surface area contributed by atoms with Gasteiger partial charge in [-0.05, 0) is 44.5 Å². The van der Waals surface area contributed by atoms with E-state index >= 15 is 0 Å². The van der Waals surface area contributed by atoms with Crippen LogP contribution in [0.3, 0.4) is 0 Å². The summed E-state index contributed by atoms with van der Waals surface area (Å²) in [6, 6.07) is 5.06. The lowest BCUT2D eigenvalue weighted by Gasteiger charge is -2.30. The molecule has 1 heterocycles. The highest BCUT2D eigenvalue weighted by Gasteiger charge is 2.23. The summed E-state index contributed by atoms with van der Waals surface area (Å²) in [7, 11) is 1.97. The molecule has 4 heteroatoms. The van der Waals surface area contributed by atoms with E-state index < -0.39 is 0 Å². The Morgan fingerprint density at radius 1 is 1.47 bits per heavy atom. The van der Waals surface area contributed by atoms with Gasteiger partial charge in [-0.15, -0.1) is 0 Å². The smallest absolute Gasteiger partial charge is 0.129 e. The van der Waals surface area contributed by atoms with Crippen LogP contribution in [0.4, 0.5) is 5.82 Å². The van der Waals surface area contributed by atoms with Gasteiger partial charge in [0.05, 0.1) is 6.61 Å². The number of aromatic nitrogens is 1. The second-order valence-electron chi connectivity index (χ2n) is 5.31. The van der Waals surface area contributed by atoms with Gasteiger partial charge in [-0.25, -0.2) is 4.98 Å². The van der Waals surface area contributed by atoms with Crippen LogP contribution in [0.5, 0.6) is 0 Å². The molecule has 1 fully saturated rings. The maximum Gasteiger partial charge on any atom is 0.129 e. The predicted molar refractivity (Wildman–Crippen MR) is 78.4 cm³/mol. The monoisotopic (exact) mass is 263 g/mol. The van der Waals surface area contributed by atoms with Crippen molar-refractivity contribution in [3.05, 3.63) is 23.9 Å². The van der Waals surface area contributed by atoms with Crippen molar-refractivity contribution in [1.29, 1.82) is 0 Å². The topological polar surface area (TPSA) is 48.4 Å². The molecular formula is C15H25N3O. The second kappa shape index (κ2) is 6.87. The van der Waals surface area contributed by atoms with Crippen LogP contribution in [0, 0.1) is 0 Å². The third kappa shape index (κ3) is 3.45. The lowest BCUT2D eigenvalue weighted by Crippen LogP contribution is -2.36. The zero-order valence-electron chi connectivity index (χ0n) is 12.0. The van der Waals surface area contributed by atoms with E-state index in [9.17, 15) is 5.11 Å². The van der Waals surface area contributed by atoms with Gasteiger partial charge in [0.2, 0.25) is 0 Å². The fourth-order valence-corrected chi connectivity index (χ4v) is 2.84. The van der Waals surface area contributed by atoms with E-state index in [2.05, 4.69) is 34.3 Å². The van der Waals surface area contributed by atoms with E-state index in [4.69, 9.17) is 0 Å².